The van der Waals surface area contributed by atoms with Crippen molar-refractivity contribution in [1.29, 1.82) is 0 Å². The minimum Gasteiger partial charge on any atom is -0.310 e. The molecule has 0 unspecified atom stereocenters. The maximum Gasteiger partial charge on any atom is 0.107 e. The maximum atomic E-state index is 4.42. The highest BCUT2D eigenvalue weighted by molar-refractivity contribution is 7.99. The van der Waals surface area contributed by atoms with Gasteiger partial charge in [-0.2, -0.15) is 11.8 Å². The first-order valence-electron chi connectivity index (χ1n) is 5.54. The smallest absolute Gasteiger partial charge is 0.107 e. The van der Waals surface area contributed by atoms with Crippen LogP contribution in [0.25, 0.3) is 0 Å². The third-order valence-corrected chi connectivity index (χ3v) is 4.58. The second-order valence-corrected chi connectivity index (χ2v) is 6.17. The molecule has 1 fully saturated rings. The molecule has 1 aromatic rings. The topological polar surface area (TPSA) is 24.9 Å². The van der Waals surface area contributed by atoms with E-state index in [1.54, 1.807) is 11.3 Å². The highest BCUT2D eigenvalue weighted by Crippen LogP contribution is 2.32. The van der Waals surface area contributed by atoms with E-state index in [2.05, 4.69) is 27.4 Å². The van der Waals surface area contributed by atoms with Crippen molar-refractivity contribution in [3.05, 3.63) is 16.1 Å². The summed E-state index contributed by atoms with van der Waals surface area (Å²) in [6.45, 7) is 4.09. The zero-order valence-electron chi connectivity index (χ0n) is 9.16. The van der Waals surface area contributed by atoms with E-state index in [-0.39, 0.29) is 0 Å². The largest absolute Gasteiger partial charge is 0.310 e. The van der Waals surface area contributed by atoms with Crippen LogP contribution in [0.5, 0.6) is 0 Å². The molecule has 1 aliphatic carbocycles. The fourth-order valence-electron chi connectivity index (χ4n) is 1.36. The predicted octanol–water partition coefficient (Wildman–Crippen LogP) is 2.68. The molecule has 0 bridgehead atoms. The van der Waals surface area contributed by atoms with Gasteiger partial charge >= 0.3 is 0 Å². The molecule has 1 N–H and O–H groups in total. The van der Waals surface area contributed by atoms with Crippen molar-refractivity contribution in [3.63, 3.8) is 0 Å². The third kappa shape index (κ3) is 4.53. The molecule has 4 heteroatoms. The average molecular weight is 242 g/mol. The molecule has 15 heavy (non-hydrogen) atoms. The molecule has 0 spiro atoms. The number of thiazole rings is 1. The van der Waals surface area contributed by atoms with Crippen LogP contribution < -0.4 is 5.32 Å². The highest BCUT2D eigenvalue weighted by Gasteiger charge is 2.20. The van der Waals surface area contributed by atoms with Gasteiger partial charge in [-0.15, -0.1) is 11.3 Å². The van der Waals surface area contributed by atoms with Gasteiger partial charge in [0.2, 0.25) is 0 Å². The summed E-state index contributed by atoms with van der Waals surface area (Å²) >= 11 is 3.83. The summed E-state index contributed by atoms with van der Waals surface area (Å²) in [5.41, 5.74) is 1.14. The molecule has 0 amide bonds. The standard InChI is InChI=1S/C11H18N2S2/c1-9-7-15-11(13-9)6-12-4-5-14-8-10-2-3-10/h7,10,12H,2-6,8H2,1H3. The number of nitrogens with one attached hydrogen (secondary N) is 1. The lowest BCUT2D eigenvalue weighted by Gasteiger charge is -2.01. The van der Waals surface area contributed by atoms with Gasteiger partial charge in [-0.1, -0.05) is 0 Å². The van der Waals surface area contributed by atoms with Gasteiger partial charge in [-0.05, 0) is 31.4 Å². The molecule has 1 aromatic heterocycles. The number of thioether (sulfide) groups is 1. The van der Waals surface area contributed by atoms with Crippen LogP contribution in [-0.2, 0) is 6.54 Å². The van der Waals surface area contributed by atoms with Crippen molar-refractivity contribution < 1.29 is 0 Å². The van der Waals surface area contributed by atoms with Gasteiger partial charge in [-0.25, -0.2) is 4.98 Å². The summed E-state index contributed by atoms with van der Waals surface area (Å²) in [6, 6.07) is 0. The zero-order valence-corrected chi connectivity index (χ0v) is 10.8. The first kappa shape index (κ1) is 11.4. The van der Waals surface area contributed by atoms with Crippen molar-refractivity contribution in [2.45, 2.75) is 26.3 Å². The van der Waals surface area contributed by atoms with Gasteiger partial charge in [0.05, 0.1) is 0 Å². The van der Waals surface area contributed by atoms with Gasteiger partial charge < -0.3 is 5.32 Å². The molecule has 2 nitrogen and oxygen atoms in total. The Morgan fingerprint density at radius 1 is 1.60 bits per heavy atom. The number of aryl methyl sites for hydroxylation is 1. The maximum absolute atomic E-state index is 4.42. The number of nitrogens with zero attached hydrogens (tertiary/aromatic N) is 1. The Morgan fingerprint density at radius 2 is 2.47 bits per heavy atom. The molecular formula is C11H18N2S2. The van der Waals surface area contributed by atoms with E-state index < -0.39 is 0 Å². The van der Waals surface area contributed by atoms with Crippen LogP contribution in [0.3, 0.4) is 0 Å². The third-order valence-electron chi connectivity index (χ3n) is 2.42. The van der Waals surface area contributed by atoms with Crippen LogP contribution in [0.15, 0.2) is 5.38 Å². The van der Waals surface area contributed by atoms with Gasteiger partial charge in [0.15, 0.2) is 0 Å². The highest BCUT2D eigenvalue weighted by atomic mass is 32.2. The van der Waals surface area contributed by atoms with Crippen molar-refractivity contribution in [2.75, 3.05) is 18.1 Å². The molecule has 84 valence electrons. The van der Waals surface area contributed by atoms with Crippen molar-refractivity contribution in [3.8, 4) is 0 Å². The van der Waals surface area contributed by atoms with Gasteiger partial charge in [0, 0.05) is 29.9 Å². The monoisotopic (exact) mass is 242 g/mol. The molecule has 0 saturated heterocycles. The van der Waals surface area contributed by atoms with Crippen LogP contribution in [0, 0.1) is 12.8 Å². The normalized spacial score (nSPS) is 15.8. The molecule has 2 rings (SSSR count). The molecule has 0 aromatic carbocycles. The number of hydrogen-bond acceptors (Lipinski definition) is 4. The van der Waals surface area contributed by atoms with Crippen LogP contribution in [0.2, 0.25) is 0 Å². The van der Waals surface area contributed by atoms with E-state index in [1.807, 2.05) is 6.92 Å². The minimum absolute atomic E-state index is 0.933. The summed E-state index contributed by atoms with van der Waals surface area (Å²) in [5, 5.41) is 6.75. The van der Waals surface area contributed by atoms with E-state index in [1.165, 1.54) is 29.4 Å². The van der Waals surface area contributed by atoms with Gasteiger partial charge in [-0.3, -0.25) is 0 Å². The van der Waals surface area contributed by atoms with E-state index in [4.69, 9.17) is 0 Å². The molecule has 1 saturated carbocycles. The Kier molecular flexibility index (Phi) is 4.47. The molecule has 1 aliphatic rings. The van der Waals surface area contributed by atoms with Crippen LogP contribution in [0.1, 0.15) is 23.5 Å². The molecular weight excluding hydrogens is 224 g/mol. The molecule has 0 aliphatic heterocycles. The van der Waals surface area contributed by atoms with E-state index in [0.29, 0.717) is 0 Å². The van der Waals surface area contributed by atoms with E-state index in [0.717, 1.165) is 24.7 Å². The Balaban J connectivity index is 1.47. The SMILES string of the molecule is Cc1csc(CNCCSCC2CC2)n1. The van der Waals surface area contributed by atoms with Crippen LogP contribution in [0.4, 0.5) is 0 Å². The first-order chi connectivity index (χ1) is 7.34. The summed E-state index contributed by atoms with van der Waals surface area (Å²) in [7, 11) is 0. The zero-order chi connectivity index (χ0) is 10.5. The summed E-state index contributed by atoms with van der Waals surface area (Å²) in [4.78, 5) is 4.42. The van der Waals surface area contributed by atoms with Crippen molar-refractivity contribution >= 4 is 23.1 Å². The molecule has 0 atom stereocenters. The Morgan fingerprint density at radius 3 is 3.13 bits per heavy atom. The quantitative estimate of drug-likeness (QED) is 0.744. The second kappa shape index (κ2) is 5.87. The summed E-state index contributed by atoms with van der Waals surface area (Å²) in [5.74, 6) is 3.66. The summed E-state index contributed by atoms with van der Waals surface area (Å²) < 4.78 is 0. The fraction of sp³-hybridized carbons (Fsp3) is 0.727. The number of rotatable bonds is 7. The number of hydrogen-bond donors (Lipinski definition) is 1. The Bertz CT molecular complexity index is 295. The molecule has 1 heterocycles. The lowest BCUT2D eigenvalue weighted by atomic mass is 10.5. The lowest BCUT2D eigenvalue weighted by Crippen LogP contribution is -2.16. The lowest BCUT2D eigenvalue weighted by molar-refractivity contribution is 0.726. The first-order valence-corrected chi connectivity index (χ1v) is 7.57. The fourth-order valence-corrected chi connectivity index (χ4v) is 3.22. The predicted molar refractivity (Wildman–Crippen MR) is 68.6 cm³/mol. The van der Waals surface area contributed by atoms with E-state index in [9.17, 15) is 0 Å². The van der Waals surface area contributed by atoms with Crippen LogP contribution >= 0.6 is 23.1 Å². The van der Waals surface area contributed by atoms with Gasteiger partial charge in [0.1, 0.15) is 5.01 Å². The van der Waals surface area contributed by atoms with Gasteiger partial charge in [0.25, 0.3) is 0 Å². The summed E-state index contributed by atoms with van der Waals surface area (Å²) in [6.07, 6.45) is 2.94. The minimum atomic E-state index is 0.933. The average Bonchev–Trinajstić information content (AvgIpc) is 2.95. The molecule has 0 radical (unpaired) electrons. The Labute approximate surface area is 99.9 Å². The van der Waals surface area contributed by atoms with Crippen LogP contribution in [-0.4, -0.2) is 23.0 Å². The number of aromatic nitrogens is 1. The second-order valence-electron chi connectivity index (χ2n) is 4.08. The van der Waals surface area contributed by atoms with E-state index >= 15 is 0 Å². The van der Waals surface area contributed by atoms with Crippen molar-refractivity contribution in [1.82, 2.24) is 10.3 Å². The Hall–Kier alpha value is -0.0600. The van der Waals surface area contributed by atoms with Crippen molar-refractivity contribution in [2.24, 2.45) is 5.92 Å².